The first-order chi connectivity index (χ1) is 25.3. The van der Waals surface area contributed by atoms with Gasteiger partial charge in [0, 0.05) is 25.2 Å². The van der Waals surface area contributed by atoms with Crippen molar-refractivity contribution in [2.45, 2.75) is 96.0 Å². The van der Waals surface area contributed by atoms with Gasteiger partial charge >= 0.3 is 6.09 Å². The highest BCUT2D eigenvalue weighted by Gasteiger charge is 2.34. The van der Waals surface area contributed by atoms with E-state index in [1.807, 2.05) is 66.7 Å². The Morgan fingerprint density at radius 1 is 0.635 bits per heavy atom. The van der Waals surface area contributed by atoms with Crippen molar-refractivity contribution >= 4 is 23.6 Å². The van der Waals surface area contributed by atoms with Gasteiger partial charge in [-0.25, -0.2) is 4.79 Å². The molecule has 8 heteroatoms. The molecule has 3 aromatic rings. The molecule has 0 aliphatic carbocycles. The van der Waals surface area contributed by atoms with Crippen LogP contribution in [0.3, 0.4) is 0 Å². The minimum Gasteiger partial charge on any atom is -0.446 e. The first-order valence-corrected chi connectivity index (χ1v) is 19.9. The summed E-state index contributed by atoms with van der Waals surface area (Å²) in [5.74, 6) is -0.286. The lowest BCUT2D eigenvalue weighted by Crippen LogP contribution is -2.41. The molecule has 0 bridgehead atoms. The van der Waals surface area contributed by atoms with Crippen LogP contribution in [-0.2, 0) is 4.74 Å². The lowest BCUT2D eigenvalue weighted by atomic mass is 10.0. The van der Waals surface area contributed by atoms with E-state index in [0.29, 0.717) is 17.7 Å². The van der Waals surface area contributed by atoms with E-state index in [9.17, 15) is 14.4 Å². The van der Waals surface area contributed by atoms with Gasteiger partial charge < -0.3 is 14.1 Å². The maximum atomic E-state index is 12.7. The van der Waals surface area contributed by atoms with Crippen molar-refractivity contribution in [3.05, 3.63) is 90.0 Å². The highest BCUT2D eigenvalue weighted by Crippen LogP contribution is 2.28. The molecule has 0 atom stereocenters. The van der Waals surface area contributed by atoms with Gasteiger partial charge in [-0.2, -0.15) is 0 Å². The molecule has 1 saturated heterocycles. The SMILES string of the molecule is C[N+](C)(CCCCCCCCCCCCN1CCC(OC(=O)Nc2ccccc2-c2ccccc2)CC1)CCCCN1C(=O)c2ccccc2C1=O. The van der Waals surface area contributed by atoms with Gasteiger partial charge in [-0.05, 0) is 75.3 Å². The molecular weight excluding hydrogens is 649 g/mol. The summed E-state index contributed by atoms with van der Waals surface area (Å²) >= 11 is 0. The number of nitrogens with one attached hydrogen (secondary N) is 1. The first-order valence-electron chi connectivity index (χ1n) is 19.9. The lowest BCUT2D eigenvalue weighted by molar-refractivity contribution is -0.890. The molecule has 0 unspecified atom stereocenters. The van der Waals surface area contributed by atoms with Crippen molar-refractivity contribution in [2.75, 3.05) is 58.7 Å². The largest absolute Gasteiger partial charge is 0.446 e. The van der Waals surface area contributed by atoms with Crippen molar-refractivity contribution in [3.63, 3.8) is 0 Å². The fraction of sp³-hybridized carbons (Fsp3) is 0.523. The lowest BCUT2D eigenvalue weighted by Gasteiger charge is -2.31. The summed E-state index contributed by atoms with van der Waals surface area (Å²) < 4.78 is 6.81. The van der Waals surface area contributed by atoms with Crippen LogP contribution in [0.25, 0.3) is 11.1 Å². The highest BCUT2D eigenvalue weighted by molar-refractivity contribution is 6.21. The highest BCUT2D eigenvalue weighted by atomic mass is 16.6. The molecule has 2 heterocycles. The van der Waals surface area contributed by atoms with Crippen LogP contribution in [0, 0.1) is 0 Å². The van der Waals surface area contributed by atoms with E-state index in [1.165, 1.54) is 75.7 Å². The number of hydrogen-bond acceptors (Lipinski definition) is 5. The van der Waals surface area contributed by atoms with E-state index in [2.05, 4.69) is 24.3 Å². The zero-order valence-electron chi connectivity index (χ0n) is 31.7. The molecule has 1 fully saturated rings. The number of hydrogen-bond donors (Lipinski definition) is 1. The van der Waals surface area contributed by atoms with Gasteiger partial charge in [-0.3, -0.25) is 19.8 Å². The third kappa shape index (κ3) is 12.0. The van der Waals surface area contributed by atoms with Crippen LogP contribution in [0.4, 0.5) is 10.5 Å². The number of unbranched alkanes of at least 4 members (excludes halogenated alkanes) is 10. The molecule has 280 valence electrons. The number of para-hydroxylation sites is 1. The Hall–Kier alpha value is -4.01. The first kappa shape index (κ1) is 39.2. The van der Waals surface area contributed by atoms with Gasteiger partial charge in [-0.1, -0.05) is 106 Å². The maximum Gasteiger partial charge on any atom is 0.411 e. The van der Waals surface area contributed by atoms with Crippen LogP contribution >= 0.6 is 0 Å². The average molecular weight is 710 g/mol. The Bertz CT molecular complexity index is 1530. The van der Waals surface area contributed by atoms with Gasteiger partial charge in [0.25, 0.3) is 11.8 Å². The second-order valence-corrected chi connectivity index (χ2v) is 15.4. The Balaban J connectivity index is 0.811. The van der Waals surface area contributed by atoms with Gasteiger partial charge in [0.05, 0.1) is 44.0 Å². The third-order valence-corrected chi connectivity index (χ3v) is 10.8. The number of imide groups is 1. The van der Waals surface area contributed by atoms with Crippen LogP contribution in [0.5, 0.6) is 0 Å². The number of likely N-dealkylation sites (tertiary alicyclic amines) is 1. The fourth-order valence-electron chi connectivity index (χ4n) is 7.66. The molecule has 0 aromatic heterocycles. The number of piperidine rings is 1. The Morgan fingerprint density at radius 2 is 1.12 bits per heavy atom. The summed E-state index contributed by atoms with van der Waals surface area (Å²) in [5, 5.41) is 2.98. The Morgan fingerprint density at radius 3 is 1.73 bits per heavy atom. The van der Waals surface area contributed by atoms with Crippen molar-refractivity contribution in [3.8, 4) is 11.1 Å². The monoisotopic (exact) mass is 709 g/mol. The third-order valence-electron chi connectivity index (χ3n) is 10.8. The number of quaternary nitrogens is 1. The second kappa shape index (κ2) is 20.3. The minimum absolute atomic E-state index is 0.0248. The molecule has 52 heavy (non-hydrogen) atoms. The van der Waals surface area contributed by atoms with E-state index >= 15 is 0 Å². The van der Waals surface area contributed by atoms with E-state index < -0.39 is 0 Å². The van der Waals surface area contributed by atoms with Gasteiger partial charge in [0.2, 0.25) is 0 Å². The smallest absolute Gasteiger partial charge is 0.411 e. The second-order valence-electron chi connectivity index (χ2n) is 15.4. The van der Waals surface area contributed by atoms with E-state index in [4.69, 9.17) is 4.74 Å². The predicted octanol–water partition coefficient (Wildman–Crippen LogP) is 9.42. The van der Waals surface area contributed by atoms with Crippen LogP contribution in [0.1, 0.15) is 111 Å². The summed E-state index contributed by atoms with van der Waals surface area (Å²) in [6.45, 7) is 5.89. The van der Waals surface area contributed by atoms with Crippen LogP contribution in [-0.4, -0.2) is 91.7 Å². The van der Waals surface area contributed by atoms with Crippen molar-refractivity contribution < 1.29 is 23.6 Å². The summed E-state index contributed by atoms with van der Waals surface area (Å²) in [4.78, 5) is 41.8. The van der Waals surface area contributed by atoms with Crippen LogP contribution in [0.2, 0.25) is 0 Å². The molecule has 0 radical (unpaired) electrons. The molecular formula is C44H61N4O4+. The normalized spacial score (nSPS) is 15.2. The van der Waals surface area contributed by atoms with Gasteiger partial charge in [0.1, 0.15) is 6.10 Å². The molecule has 3 aromatic carbocycles. The number of fused-ring (bicyclic) bond motifs is 1. The number of nitrogens with zero attached hydrogens (tertiary/aromatic N) is 3. The predicted molar refractivity (Wildman–Crippen MR) is 210 cm³/mol. The Kier molecular flexibility index (Phi) is 15.3. The maximum absolute atomic E-state index is 12.7. The number of carbonyl (C=O) groups is 3. The number of carbonyl (C=O) groups excluding carboxylic acids is 3. The standard InChI is InChI=1S/C44H60N4O4/c1-48(2,35-21-19-31-47-42(49)39-25-14-15-26-40(39)43(47)50)34-20-10-8-6-4-3-5-7-9-18-30-46-32-28-37(29-33-46)52-44(51)45-41-27-17-16-24-38(41)36-22-12-11-13-23-36/h11-17,22-27,37H,3-10,18-21,28-35H2,1-2H3/p+1. The number of benzene rings is 3. The van der Waals surface area contributed by atoms with Crippen LogP contribution in [0.15, 0.2) is 78.9 Å². The zero-order valence-corrected chi connectivity index (χ0v) is 31.7. The van der Waals surface area contributed by atoms with Crippen molar-refractivity contribution in [2.24, 2.45) is 0 Å². The topological polar surface area (TPSA) is 79.0 Å². The number of rotatable bonds is 21. The molecule has 2 aliphatic rings. The quantitative estimate of drug-likeness (QED) is 0.0678. The minimum atomic E-state index is -0.367. The van der Waals surface area contributed by atoms with Crippen molar-refractivity contribution in [1.29, 1.82) is 0 Å². The fourth-order valence-corrected chi connectivity index (χ4v) is 7.66. The molecule has 3 amide bonds. The van der Waals surface area contributed by atoms with E-state index in [1.54, 1.807) is 12.1 Å². The summed E-state index contributed by atoms with van der Waals surface area (Å²) in [5.41, 5.74) is 3.92. The summed E-state index contributed by atoms with van der Waals surface area (Å²) in [6.07, 6.45) is 16.4. The Labute approximate surface area is 312 Å². The summed E-state index contributed by atoms with van der Waals surface area (Å²) in [6, 6.07) is 25.1. The van der Waals surface area contributed by atoms with E-state index in [0.717, 1.165) is 73.2 Å². The van der Waals surface area contributed by atoms with E-state index in [-0.39, 0.29) is 24.0 Å². The molecule has 1 N–H and O–H groups in total. The van der Waals surface area contributed by atoms with Gasteiger partial charge in [0.15, 0.2) is 0 Å². The average Bonchev–Trinajstić information content (AvgIpc) is 3.39. The molecule has 2 aliphatic heterocycles. The molecule has 0 saturated carbocycles. The zero-order chi connectivity index (χ0) is 36.6. The number of amides is 3. The number of ether oxygens (including phenoxy) is 1. The van der Waals surface area contributed by atoms with Crippen LogP contribution < -0.4 is 5.32 Å². The molecule has 5 rings (SSSR count). The number of anilines is 1. The molecule has 8 nitrogen and oxygen atoms in total. The van der Waals surface area contributed by atoms with Gasteiger partial charge in [-0.15, -0.1) is 0 Å². The van der Waals surface area contributed by atoms with Crippen molar-refractivity contribution in [1.82, 2.24) is 9.80 Å². The summed E-state index contributed by atoms with van der Waals surface area (Å²) in [7, 11) is 4.60. The molecule has 0 spiro atoms.